The van der Waals surface area contributed by atoms with Crippen molar-refractivity contribution in [2.24, 2.45) is 0 Å². The number of nitrogens with zero attached hydrogens (tertiary/aromatic N) is 2. The lowest BCUT2D eigenvalue weighted by molar-refractivity contribution is 0.239. The number of aromatic nitrogens is 1. The number of hydrogen-bond acceptors (Lipinski definition) is 4. The number of anilines is 2. The Bertz CT molecular complexity index is 950. The van der Waals surface area contributed by atoms with Crippen LogP contribution in [0.25, 0.3) is 11.3 Å². The monoisotopic (exact) mass is 406 g/mol. The highest BCUT2D eigenvalue weighted by Crippen LogP contribution is 2.29. The van der Waals surface area contributed by atoms with Crippen LogP contribution in [-0.4, -0.2) is 17.1 Å². The fraction of sp³-hybridized carbons (Fsp3) is 0.304. The van der Waals surface area contributed by atoms with Crippen LogP contribution < -0.4 is 15.8 Å². The standard InChI is InChI=1S/C23H26N4OS/c1-17-10-8-9-15-20(17)26-27(22(28)24-19-13-6-3-7-14-19)23-25-21(16-29-23)18-11-4-2-5-12-18/h2,4-5,8-12,15-16,19,26H,3,6-7,13-14H2,1H3,(H,24,28). The van der Waals surface area contributed by atoms with Gasteiger partial charge in [0.1, 0.15) is 0 Å². The molecule has 2 N–H and O–H groups in total. The minimum atomic E-state index is -0.158. The second kappa shape index (κ2) is 9.09. The van der Waals surface area contributed by atoms with E-state index in [0.717, 1.165) is 35.3 Å². The van der Waals surface area contributed by atoms with Gasteiger partial charge in [-0.25, -0.2) is 9.78 Å². The van der Waals surface area contributed by atoms with Crippen LogP contribution in [0.3, 0.4) is 0 Å². The predicted molar refractivity (Wildman–Crippen MR) is 120 cm³/mol. The lowest BCUT2D eigenvalue weighted by Gasteiger charge is -2.28. The number of amides is 2. The van der Waals surface area contributed by atoms with Crippen molar-refractivity contribution < 1.29 is 4.79 Å². The van der Waals surface area contributed by atoms with Gasteiger partial charge in [0, 0.05) is 17.0 Å². The van der Waals surface area contributed by atoms with E-state index in [2.05, 4.69) is 10.7 Å². The van der Waals surface area contributed by atoms with Gasteiger partial charge in [-0.3, -0.25) is 5.43 Å². The minimum Gasteiger partial charge on any atom is -0.333 e. The van der Waals surface area contributed by atoms with E-state index in [-0.39, 0.29) is 12.1 Å². The van der Waals surface area contributed by atoms with Crippen LogP contribution in [0.5, 0.6) is 0 Å². The molecule has 1 saturated carbocycles. The molecule has 0 aliphatic heterocycles. The zero-order valence-corrected chi connectivity index (χ0v) is 17.4. The molecule has 1 aliphatic rings. The van der Waals surface area contributed by atoms with E-state index >= 15 is 0 Å². The smallest absolute Gasteiger partial charge is 0.333 e. The molecule has 2 amide bonds. The van der Waals surface area contributed by atoms with E-state index in [4.69, 9.17) is 4.98 Å². The maximum atomic E-state index is 13.2. The first-order valence-electron chi connectivity index (χ1n) is 10.1. The maximum absolute atomic E-state index is 13.2. The molecule has 0 atom stereocenters. The minimum absolute atomic E-state index is 0.158. The third-order valence-corrected chi connectivity index (χ3v) is 6.09. The summed E-state index contributed by atoms with van der Waals surface area (Å²) in [5.41, 5.74) is 7.16. The van der Waals surface area contributed by atoms with Gasteiger partial charge in [-0.1, -0.05) is 67.8 Å². The van der Waals surface area contributed by atoms with Crippen molar-refractivity contribution in [3.8, 4) is 11.3 Å². The molecule has 150 valence electrons. The van der Waals surface area contributed by atoms with E-state index in [1.165, 1.54) is 30.6 Å². The van der Waals surface area contributed by atoms with Crippen LogP contribution in [-0.2, 0) is 0 Å². The van der Waals surface area contributed by atoms with E-state index in [9.17, 15) is 4.79 Å². The number of aryl methyl sites for hydroxylation is 1. The molecule has 0 unspecified atom stereocenters. The van der Waals surface area contributed by atoms with Crippen LogP contribution in [0.15, 0.2) is 60.0 Å². The van der Waals surface area contributed by atoms with Gasteiger partial charge in [0.15, 0.2) is 0 Å². The summed E-state index contributed by atoms with van der Waals surface area (Å²) in [4.78, 5) is 17.9. The summed E-state index contributed by atoms with van der Waals surface area (Å²) in [5.74, 6) is 0. The van der Waals surface area contributed by atoms with Gasteiger partial charge in [0.05, 0.1) is 11.4 Å². The van der Waals surface area contributed by atoms with E-state index in [0.29, 0.717) is 5.13 Å². The lowest BCUT2D eigenvalue weighted by atomic mass is 9.96. The molecule has 0 saturated heterocycles. The van der Waals surface area contributed by atoms with Crippen molar-refractivity contribution in [3.05, 3.63) is 65.5 Å². The van der Waals surface area contributed by atoms with Crippen molar-refractivity contribution in [1.82, 2.24) is 10.3 Å². The highest BCUT2D eigenvalue weighted by molar-refractivity contribution is 7.14. The third-order valence-electron chi connectivity index (χ3n) is 5.27. The number of benzene rings is 2. The number of carbonyl (C=O) groups excluding carboxylic acids is 1. The van der Waals surface area contributed by atoms with Crippen molar-refractivity contribution in [2.45, 2.75) is 45.1 Å². The third kappa shape index (κ3) is 4.77. The van der Waals surface area contributed by atoms with Crippen molar-refractivity contribution in [1.29, 1.82) is 0 Å². The number of para-hydroxylation sites is 1. The predicted octanol–water partition coefficient (Wildman–Crippen LogP) is 5.99. The summed E-state index contributed by atoms with van der Waals surface area (Å²) in [6.07, 6.45) is 5.68. The second-order valence-electron chi connectivity index (χ2n) is 7.43. The highest BCUT2D eigenvalue weighted by Gasteiger charge is 2.24. The van der Waals surface area contributed by atoms with Gasteiger partial charge in [0.25, 0.3) is 0 Å². The molecule has 1 heterocycles. The molecule has 1 aromatic heterocycles. The average Bonchev–Trinajstić information content (AvgIpc) is 3.24. The molecule has 29 heavy (non-hydrogen) atoms. The Labute approximate surface area is 175 Å². The summed E-state index contributed by atoms with van der Waals surface area (Å²) < 4.78 is 0. The molecular weight excluding hydrogens is 380 g/mol. The zero-order valence-electron chi connectivity index (χ0n) is 16.6. The molecule has 4 rings (SSSR count). The summed E-state index contributed by atoms with van der Waals surface area (Å²) in [7, 11) is 0. The Morgan fingerprint density at radius 1 is 1.03 bits per heavy atom. The van der Waals surface area contributed by atoms with Crippen LogP contribution in [0.1, 0.15) is 37.7 Å². The van der Waals surface area contributed by atoms with Gasteiger partial charge >= 0.3 is 6.03 Å². The highest BCUT2D eigenvalue weighted by atomic mass is 32.1. The fourth-order valence-electron chi connectivity index (χ4n) is 3.60. The molecule has 0 bridgehead atoms. The Morgan fingerprint density at radius 3 is 2.52 bits per heavy atom. The van der Waals surface area contributed by atoms with Gasteiger partial charge in [-0.2, -0.15) is 5.01 Å². The SMILES string of the molecule is Cc1ccccc1NN(C(=O)NC1CCCCC1)c1nc(-c2ccccc2)cs1. The first kappa shape index (κ1) is 19.5. The quantitative estimate of drug-likeness (QED) is 0.511. The fourth-order valence-corrected chi connectivity index (χ4v) is 4.39. The lowest BCUT2D eigenvalue weighted by Crippen LogP contribution is -2.48. The Morgan fingerprint density at radius 2 is 1.76 bits per heavy atom. The molecule has 1 aliphatic carbocycles. The molecule has 3 aromatic rings. The van der Waals surface area contributed by atoms with Crippen molar-refractivity contribution in [2.75, 3.05) is 10.4 Å². The van der Waals surface area contributed by atoms with E-state index in [1.807, 2.05) is 66.9 Å². The summed E-state index contributed by atoms with van der Waals surface area (Å²) >= 11 is 1.46. The van der Waals surface area contributed by atoms with Gasteiger partial charge in [-0.05, 0) is 31.4 Å². The van der Waals surface area contributed by atoms with Crippen molar-refractivity contribution in [3.63, 3.8) is 0 Å². The average molecular weight is 407 g/mol. The van der Waals surface area contributed by atoms with E-state index < -0.39 is 0 Å². The molecule has 0 radical (unpaired) electrons. The number of hydrogen-bond donors (Lipinski definition) is 2. The molecule has 0 spiro atoms. The molecule has 6 heteroatoms. The molecular formula is C23H26N4OS. The van der Waals surface area contributed by atoms with Gasteiger partial charge in [-0.15, -0.1) is 11.3 Å². The molecule has 5 nitrogen and oxygen atoms in total. The maximum Gasteiger partial charge on any atom is 0.343 e. The van der Waals surface area contributed by atoms with Gasteiger partial charge in [0.2, 0.25) is 5.13 Å². The van der Waals surface area contributed by atoms with Gasteiger partial charge < -0.3 is 5.32 Å². The normalized spacial score (nSPS) is 14.4. The Hall–Kier alpha value is -2.86. The molecule has 1 fully saturated rings. The van der Waals surface area contributed by atoms with Crippen LogP contribution in [0.4, 0.5) is 15.6 Å². The second-order valence-corrected chi connectivity index (χ2v) is 8.26. The first-order valence-corrected chi connectivity index (χ1v) is 11.0. The summed E-state index contributed by atoms with van der Waals surface area (Å²) in [6, 6.07) is 18.0. The largest absolute Gasteiger partial charge is 0.343 e. The number of carbonyl (C=O) groups is 1. The van der Waals surface area contributed by atoms with Crippen LogP contribution >= 0.6 is 11.3 Å². The molecule has 2 aromatic carbocycles. The zero-order chi connectivity index (χ0) is 20.1. The topological polar surface area (TPSA) is 57.3 Å². The number of nitrogens with one attached hydrogen (secondary N) is 2. The number of hydrazine groups is 1. The summed E-state index contributed by atoms with van der Waals surface area (Å²) in [6.45, 7) is 2.02. The van der Waals surface area contributed by atoms with Crippen LogP contribution in [0.2, 0.25) is 0 Å². The summed E-state index contributed by atoms with van der Waals surface area (Å²) in [5, 5.41) is 7.36. The first-order chi connectivity index (χ1) is 14.2. The number of rotatable bonds is 5. The Balaban J connectivity index is 1.60. The number of urea groups is 1. The Kier molecular flexibility index (Phi) is 6.10. The van der Waals surface area contributed by atoms with E-state index in [1.54, 1.807) is 5.01 Å². The van der Waals surface area contributed by atoms with Crippen LogP contribution in [0, 0.1) is 6.92 Å². The van der Waals surface area contributed by atoms with Crippen molar-refractivity contribution >= 4 is 28.2 Å². The number of thiazole rings is 1.